The molecule has 0 spiro atoms. The summed E-state index contributed by atoms with van der Waals surface area (Å²) in [5.74, 6) is 0.846. The standard InChI is InChI=1S/C18H12Cl2N6/c19-12-6-7-14(13(20)9-12)24-18-25-16(10-22-26-18)23-15-5-1-3-11-4-2-8-21-17(11)15/h1-10H,(H2,23,24,25,26). The quantitative estimate of drug-likeness (QED) is 0.504. The smallest absolute Gasteiger partial charge is 0.249 e. The van der Waals surface area contributed by atoms with Gasteiger partial charge in [-0.15, -0.1) is 5.10 Å². The maximum atomic E-state index is 6.17. The Labute approximate surface area is 159 Å². The summed E-state index contributed by atoms with van der Waals surface area (Å²) in [5, 5.41) is 16.3. The topological polar surface area (TPSA) is 75.6 Å². The third-order valence-corrected chi connectivity index (χ3v) is 4.18. The van der Waals surface area contributed by atoms with Gasteiger partial charge < -0.3 is 10.6 Å². The molecule has 0 aliphatic carbocycles. The maximum absolute atomic E-state index is 6.17. The minimum Gasteiger partial charge on any atom is -0.337 e. The van der Waals surface area contributed by atoms with E-state index >= 15 is 0 Å². The summed E-state index contributed by atoms with van der Waals surface area (Å²) in [6, 6.07) is 14.9. The summed E-state index contributed by atoms with van der Waals surface area (Å²) in [5.41, 5.74) is 2.32. The molecule has 26 heavy (non-hydrogen) atoms. The molecule has 0 unspecified atom stereocenters. The lowest BCUT2D eigenvalue weighted by molar-refractivity contribution is 0.982. The molecule has 128 valence electrons. The third-order valence-electron chi connectivity index (χ3n) is 3.63. The van der Waals surface area contributed by atoms with Crippen molar-refractivity contribution in [3.8, 4) is 0 Å². The summed E-state index contributed by atoms with van der Waals surface area (Å²) in [7, 11) is 0. The molecule has 2 aromatic heterocycles. The first kappa shape index (κ1) is 16.5. The summed E-state index contributed by atoms with van der Waals surface area (Å²) in [6.45, 7) is 0. The highest BCUT2D eigenvalue weighted by atomic mass is 35.5. The molecule has 0 aliphatic heterocycles. The zero-order valence-corrected chi connectivity index (χ0v) is 14.8. The van der Waals surface area contributed by atoms with Crippen molar-refractivity contribution in [1.82, 2.24) is 20.2 Å². The molecule has 4 aromatic rings. The number of fused-ring (bicyclic) bond motifs is 1. The summed E-state index contributed by atoms with van der Waals surface area (Å²) in [4.78, 5) is 8.83. The SMILES string of the molecule is Clc1ccc(Nc2nncc(Nc3cccc4cccnc34)n2)c(Cl)c1. The van der Waals surface area contributed by atoms with E-state index in [9.17, 15) is 0 Å². The molecule has 4 rings (SSSR count). The van der Waals surface area contributed by atoms with Crippen molar-refractivity contribution in [1.29, 1.82) is 0 Å². The van der Waals surface area contributed by atoms with Crippen LogP contribution in [0.2, 0.25) is 10.0 Å². The van der Waals surface area contributed by atoms with Crippen LogP contribution in [0.15, 0.2) is 60.9 Å². The van der Waals surface area contributed by atoms with Crippen LogP contribution in [0.1, 0.15) is 0 Å². The Morgan fingerprint density at radius 2 is 1.77 bits per heavy atom. The van der Waals surface area contributed by atoms with Crippen molar-refractivity contribution in [3.05, 3.63) is 71.0 Å². The number of nitrogens with zero attached hydrogens (tertiary/aromatic N) is 4. The van der Waals surface area contributed by atoms with Gasteiger partial charge in [0.2, 0.25) is 5.95 Å². The second kappa shape index (κ2) is 7.11. The summed E-state index contributed by atoms with van der Waals surface area (Å²) < 4.78 is 0. The van der Waals surface area contributed by atoms with Crippen LogP contribution >= 0.6 is 23.2 Å². The molecular weight excluding hydrogens is 371 g/mol. The van der Waals surface area contributed by atoms with E-state index in [1.54, 1.807) is 24.4 Å². The Kier molecular flexibility index (Phi) is 4.51. The first-order chi connectivity index (χ1) is 12.7. The highest BCUT2D eigenvalue weighted by Gasteiger charge is 2.07. The average Bonchev–Trinajstić information content (AvgIpc) is 2.65. The number of anilines is 4. The average molecular weight is 383 g/mol. The molecule has 6 nitrogen and oxygen atoms in total. The van der Waals surface area contributed by atoms with E-state index in [1.807, 2.05) is 30.3 Å². The second-order valence-electron chi connectivity index (χ2n) is 5.42. The molecule has 0 aliphatic rings. The van der Waals surface area contributed by atoms with Gasteiger partial charge >= 0.3 is 0 Å². The number of hydrogen-bond acceptors (Lipinski definition) is 6. The van der Waals surface area contributed by atoms with Gasteiger partial charge in [0.05, 0.1) is 28.1 Å². The molecule has 0 bridgehead atoms. The van der Waals surface area contributed by atoms with Gasteiger partial charge in [0.15, 0.2) is 5.82 Å². The van der Waals surface area contributed by atoms with Crippen LogP contribution in [0.5, 0.6) is 0 Å². The van der Waals surface area contributed by atoms with Crippen molar-refractivity contribution in [2.24, 2.45) is 0 Å². The van der Waals surface area contributed by atoms with Crippen LogP contribution in [0.4, 0.5) is 23.1 Å². The lowest BCUT2D eigenvalue weighted by atomic mass is 10.2. The van der Waals surface area contributed by atoms with Gasteiger partial charge in [0.25, 0.3) is 0 Å². The highest BCUT2D eigenvalue weighted by Crippen LogP contribution is 2.28. The molecular formula is C18H12Cl2N6. The Balaban J connectivity index is 1.61. The fourth-order valence-corrected chi connectivity index (χ4v) is 2.93. The Morgan fingerprint density at radius 1 is 0.885 bits per heavy atom. The van der Waals surface area contributed by atoms with Crippen molar-refractivity contribution in [2.75, 3.05) is 10.6 Å². The number of aromatic nitrogens is 4. The molecule has 2 N–H and O–H groups in total. The van der Waals surface area contributed by atoms with Gasteiger partial charge in [0.1, 0.15) is 0 Å². The van der Waals surface area contributed by atoms with Gasteiger partial charge in [-0.2, -0.15) is 10.1 Å². The molecule has 0 radical (unpaired) electrons. The molecule has 0 amide bonds. The lowest BCUT2D eigenvalue weighted by Gasteiger charge is -2.10. The number of para-hydroxylation sites is 1. The highest BCUT2D eigenvalue weighted by molar-refractivity contribution is 6.36. The van der Waals surface area contributed by atoms with E-state index in [-0.39, 0.29) is 0 Å². The normalized spacial score (nSPS) is 10.7. The van der Waals surface area contributed by atoms with Gasteiger partial charge in [0, 0.05) is 16.6 Å². The first-order valence-electron chi connectivity index (χ1n) is 7.71. The van der Waals surface area contributed by atoms with E-state index in [0.717, 1.165) is 16.6 Å². The maximum Gasteiger partial charge on any atom is 0.249 e. The number of halogens is 2. The molecule has 2 aromatic carbocycles. The molecule has 8 heteroatoms. The summed E-state index contributed by atoms with van der Waals surface area (Å²) >= 11 is 12.1. The zero-order chi connectivity index (χ0) is 17.9. The van der Waals surface area contributed by atoms with Gasteiger partial charge in [-0.25, -0.2) is 0 Å². The Bertz CT molecular complexity index is 1080. The zero-order valence-electron chi connectivity index (χ0n) is 13.3. The monoisotopic (exact) mass is 382 g/mol. The van der Waals surface area contributed by atoms with Crippen LogP contribution in [-0.2, 0) is 0 Å². The minimum absolute atomic E-state index is 0.312. The number of hydrogen-bond donors (Lipinski definition) is 2. The van der Waals surface area contributed by atoms with E-state index in [4.69, 9.17) is 23.2 Å². The largest absolute Gasteiger partial charge is 0.337 e. The summed E-state index contributed by atoms with van der Waals surface area (Å²) in [6.07, 6.45) is 3.29. The molecule has 2 heterocycles. The Morgan fingerprint density at radius 3 is 2.65 bits per heavy atom. The molecule has 0 fully saturated rings. The second-order valence-corrected chi connectivity index (χ2v) is 6.26. The molecule has 0 atom stereocenters. The van der Waals surface area contributed by atoms with Crippen molar-refractivity contribution >= 4 is 57.2 Å². The predicted molar refractivity (Wildman–Crippen MR) is 105 cm³/mol. The number of nitrogens with one attached hydrogen (secondary N) is 2. The number of benzene rings is 2. The number of rotatable bonds is 4. The van der Waals surface area contributed by atoms with Crippen molar-refractivity contribution in [2.45, 2.75) is 0 Å². The van der Waals surface area contributed by atoms with Crippen molar-refractivity contribution in [3.63, 3.8) is 0 Å². The number of pyridine rings is 1. The molecule has 0 saturated carbocycles. The van der Waals surface area contributed by atoms with E-state index < -0.39 is 0 Å². The van der Waals surface area contributed by atoms with Crippen LogP contribution < -0.4 is 10.6 Å². The predicted octanol–water partition coefficient (Wildman–Crippen LogP) is 5.21. The first-order valence-corrected chi connectivity index (χ1v) is 8.47. The third kappa shape index (κ3) is 3.51. The Hall–Kier alpha value is -2.96. The van der Waals surface area contributed by atoms with Crippen LogP contribution in [0.3, 0.4) is 0 Å². The van der Waals surface area contributed by atoms with Crippen LogP contribution in [-0.4, -0.2) is 20.2 Å². The van der Waals surface area contributed by atoms with E-state index in [1.165, 1.54) is 6.20 Å². The van der Waals surface area contributed by atoms with E-state index in [2.05, 4.69) is 30.8 Å². The lowest BCUT2D eigenvalue weighted by Crippen LogP contribution is -2.03. The van der Waals surface area contributed by atoms with Crippen LogP contribution in [0.25, 0.3) is 10.9 Å². The fraction of sp³-hybridized carbons (Fsp3) is 0. The van der Waals surface area contributed by atoms with Crippen molar-refractivity contribution < 1.29 is 0 Å². The fourth-order valence-electron chi connectivity index (χ4n) is 2.47. The van der Waals surface area contributed by atoms with Gasteiger partial charge in [-0.05, 0) is 30.3 Å². The van der Waals surface area contributed by atoms with Gasteiger partial charge in [-0.3, -0.25) is 4.98 Å². The molecule has 0 saturated heterocycles. The van der Waals surface area contributed by atoms with E-state index in [0.29, 0.717) is 27.5 Å². The van der Waals surface area contributed by atoms with Gasteiger partial charge in [-0.1, -0.05) is 41.4 Å². The minimum atomic E-state index is 0.312. The van der Waals surface area contributed by atoms with Crippen LogP contribution in [0, 0.1) is 0 Å².